The number of methoxy groups -OCH3 is 1. The van der Waals surface area contributed by atoms with Crippen LogP contribution in [0.15, 0.2) is 35.4 Å². The molecule has 3 aromatic rings. The Morgan fingerprint density at radius 1 is 1.29 bits per heavy atom. The van der Waals surface area contributed by atoms with E-state index in [9.17, 15) is 8.42 Å². The molecule has 0 fully saturated rings. The number of fused-ring (bicyclic) bond motifs is 1. The zero-order chi connectivity index (χ0) is 17.5. The largest absolute Gasteiger partial charge is 0.494 e. The highest BCUT2D eigenvalue weighted by atomic mass is 35.5. The molecule has 0 radical (unpaired) electrons. The minimum Gasteiger partial charge on any atom is -0.494 e. The lowest BCUT2D eigenvalue weighted by Crippen LogP contribution is -2.18. The van der Waals surface area contributed by atoms with Gasteiger partial charge in [0.2, 0.25) is 10.0 Å². The number of aromatic nitrogens is 3. The van der Waals surface area contributed by atoms with Crippen LogP contribution in [0.25, 0.3) is 16.6 Å². The molecule has 0 bridgehead atoms. The highest BCUT2D eigenvalue weighted by molar-refractivity contribution is 7.89. The van der Waals surface area contributed by atoms with E-state index in [1.54, 1.807) is 23.0 Å². The first-order chi connectivity index (χ1) is 11.4. The third kappa shape index (κ3) is 2.72. The van der Waals surface area contributed by atoms with Crippen LogP contribution < -0.4 is 9.46 Å². The van der Waals surface area contributed by atoms with Gasteiger partial charge in [0.05, 0.1) is 23.2 Å². The van der Waals surface area contributed by atoms with Crippen molar-refractivity contribution in [3.05, 3.63) is 41.3 Å². The molecule has 0 aliphatic rings. The summed E-state index contributed by atoms with van der Waals surface area (Å²) < 4.78 is 33.2. The summed E-state index contributed by atoms with van der Waals surface area (Å²) in [4.78, 5) is 4.18. The minimum atomic E-state index is -3.56. The van der Waals surface area contributed by atoms with Crippen LogP contribution in [0, 0.1) is 6.92 Å². The Morgan fingerprint density at radius 3 is 2.71 bits per heavy atom. The van der Waals surface area contributed by atoms with Gasteiger partial charge in [-0.1, -0.05) is 11.6 Å². The van der Waals surface area contributed by atoms with E-state index < -0.39 is 10.0 Å². The maximum absolute atomic E-state index is 12.0. The van der Waals surface area contributed by atoms with Gasteiger partial charge in [-0.3, -0.25) is 0 Å². The Morgan fingerprint density at radius 2 is 2.04 bits per heavy atom. The molecule has 9 heteroatoms. The Balaban J connectivity index is 2.25. The summed E-state index contributed by atoms with van der Waals surface area (Å²) >= 11 is 5.99. The molecule has 0 saturated carbocycles. The highest BCUT2D eigenvalue weighted by Crippen LogP contribution is 2.30. The van der Waals surface area contributed by atoms with Gasteiger partial charge < -0.3 is 4.74 Å². The van der Waals surface area contributed by atoms with Gasteiger partial charge in [0.25, 0.3) is 0 Å². The second kappa shape index (κ2) is 6.04. The van der Waals surface area contributed by atoms with E-state index in [0.717, 1.165) is 16.6 Å². The molecule has 7 nitrogen and oxygen atoms in total. The fourth-order valence-corrected chi connectivity index (χ4v) is 3.33. The average Bonchev–Trinajstić information content (AvgIpc) is 2.90. The van der Waals surface area contributed by atoms with Crippen LogP contribution in [0.1, 0.15) is 5.69 Å². The van der Waals surface area contributed by atoms with Gasteiger partial charge in [-0.05, 0) is 26.1 Å². The molecule has 0 saturated heterocycles. The number of aryl methyl sites for hydroxylation is 1. The highest BCUT2D eigenvalue weighted by Gasteiger charge is 2.18. The van der Waals surface area contributed by atoms with Crippen molar-refractivity contribution in [1.29, 1.82) is 0 Å². The molecule has 1 aromatic carbocycles. The van der Waals surface area contributed by atoms with Gasteiger partial charge in [0.1, 0.15) is 16.6 Å². The van der Waals surface area contributed by atoms with Crippen molar-refractivity contribution in [3.8, 4) is 11.4 Å². The summed E-state index contributed by atoms with van der Waals surface area (Å²) in [6.45, 7) is 1.86. The summed E-state index contributed by atoms with van der Waals surface area (Å²) in [6.07, 6.45) is 1.66. The number of benzene rings is 1. The van der Waals surface area contributed by atoms with Crippen molar-refractivity contribution in [2.24, 2.45) is 0 Å². The Bertz CT molecular complexity index is 1030. The molecule has 0 spiro atoms. The normalized spacial score (nSPS) is 11.8. The van der Waals surface area contributed by atoms with Crippen LogP contribution in [-0.4, -0.2) is 37.3 Å². The van der Waals surface area contributed by atoms with Gasteiger partial charge in [0.15, 0.2) is 0 Å². The van der Waals surface area contributed by atoms with Crippen LogP contribution in [0.4, 0.5) is 0 Å². The van der Waals surface area contributed by atoms with Gasteiger partial charge in [-0.2, -0.15) is 5.10 Å². The van der Waals surface area contributed by atoms with Crippen LogP contribution in [-0.2, 0) is 10.0 Å². The maximum atomic E-state index is 12.0. The zero-order valence-corrected chi connectivity index (χ0v) is 14.8. The molecule has 126 valence electrons. The van der Waals surface area contributed by atoms with Crippen LogP contribution in [0.3, 0.4) is 0 Å². The molecule has 1 N–H and O–H groups in total. The number of nitrogens with one attached hydrogen (secondary N) is 1. The quantitative estimate of drug-likeness (QED) is 0.716. The molecular formula is C15H15ClN4O3S. The standard InChI is InChI=1S/C15H15ClN4O3S/c1-9-11-8-18-15(16)7-13(11)20(19-9)12-5-4-10(6-14(12)23-3)24(21,22)17-2/h4-8,17H,1-3H3. The summed E-state index contributed by atoms with van der Waals surface area (Å²) in [5.74, 6) is 0.378. The van der Waals surface area contributed by atoms with Crippen molar-refractivity contribution >= 4 is 32.5 Å². The predicted octanol–water partition coefficient (Wildman–Crippen LogP) is 2.30. The lowest BCUT2D eigenvalue weighted by Gasteiger charge is -2.12. The Labute approximate surface area is 144 Å². The first-order valence-corrected chi connectivity index (χ1v) is 8.86. The first-order valence-electron chi connectivity index (χ1n) is 7.00. The fourth-order valence-electron chi connectivity index (χ4n) is 2.43. The third-order valence-electron chi connectivity index (χ3n) is 3.68. The van der Waals surface area contributed by atoms with E-state index in [4.69, 9.17) is 16.3 Å². The predicted molar refractivity (Wildman–Crippen MR) is 91.4 cm³/mol. The lowest BCUT2D eigenvalue weighted by molar-refractivity contribution is 0.410. The zero-order valence-electron chi connectivity index (χ0n) is 13.2. The molecular weight excluding hydrogens is 352 g/mol. The molecule has 0 aliphatic heterocycles. The Hall–Kier alpha value is -2.16. The third-order valence-corrected chi connectivity index (χ3v) is 5.29. The van der Waals surface area contributed by atoms with Crippen molar-refractivity contribution in [1.82, 2.24) is 19.5 Å². The number of halogens is 1. The van der Waals surface area contributed by atoms with Gasteiger partial charge >= 0.3 is 0 Å². The van der Waals surface area contributed by atoms with E-state index in [1.807, 2.05) is 6.92 Å². The summed E-state index contributed by atoms with van der Waals surface area (Å²) in [5, 5.41) is 5.69. The number of nitrogens with zero attached hydrogens (tertiary/aromatic N) is 3. The number of sulfonamides is 1. The van der Waals surface area contributed by atoms with Gasteiger partial charge in [-0.25, -0.2) is 22.8 Å². The van der Waals surface area contributed by atoms with E-state index in [0.29, 0.717) is 16.6 Å². The van der Waals surface area contributed by atoms with Crippen LogP contribution in [0.2, 0.25) is 5.15 Å². The number of hydrogen-bond acceptors (Lipinski definition) is 5. The monoisotopic (exact) mass is 366 g/mol. The molecule has 0 atom stereocenters. The van der Waals surface area contributed by atoms with Crippen LogP contribution >= 0.6 is 11.6 Å². The number of hydrogen-bond donors (Lipinski definition) is 1. The van der Waals surface area contributed by atoms with Crippen molar-refractivity contribution in [2.45, 2.75) is 11.8 Å². The van der Waals surface area contributed by atoms with E-state index >= 15 is 0 Å². The molecule has 0 unspecified atom stereocenters. The van der Waals surface area contributed by atoms with E-state index in [1.165, 1.54) is 26.3 Å². The average molecular weight is 367 g/mol. The summed E-state index contributed by atoms with van der Waals surface area (Å²) in [6, 6.07) is 6.29. The number of ether oxygens (including phenoxy) is 1. The van der Waals surface area contributed by atoms with Gasteiger partial charge in [0, 0.05) is 23.7 Å². The van der Waals surface area contributed by atoms with E-state index in [-0.39, 0.29) is 4.90 Å². The topological polar surface area (TPSA) is 86.1 Å². The lowest BCUT2D eigenvalue weighted by atomic mass is 10.2. The van der Waals surface area contributed by atoms with Crippen LogP contribution in [0.5, 0.6) is 5.75 Å². The Kier molecular flexibility index (Phi) is 4.20. The summed E-state index contributed by atoms with van der Waals surface area (Å²) in [5.41, 5.74) is 2.14. The van der Waals surface area contributed by atoms with Gasteiger partial charge in [-0.15, -0.1) is 0 Å². The second-order valence-electron chi connectivity index (χ2n) is 5.06. The second-order valence-corrected chi connectivity index (χ2v) is 7.34. The fraction of sp³-hybridized carbons (Fsp3) is 0.200. The maximum Gasteiger partial charge on any atom is 0.240 e. The molecule has 0 aliphatic carbocycles. The summed E-state index contributed by atoms with van der Waals surface area (Å²) in [7, 11) is -0.734. The molecule has 3 rings (SSSR count). The van der Waals surface area contributed by atoms with E-state index in [2.05, 4.69) is 14.8 Å². The molecule has 0 amide bonds. The molecule has 2 aromatic heterocycles. The van der Waals surface area contributed by atoms with Crippen molar-refractivity contribution in [3.63, 3.8) is 0 Å². The minimum absolute atomic E-state index is 0.110. The SMILES string of the molecule is CNS(=O)(=O)c1ccc(-n2nc(C)c3cnc(Cl)cc32)c(OC)c1. The smallest absolute Gasteiger partial charge is 0.240 e. The number of pyridine rings is 1. The first kappa shape index (κ1) is 16.7. The number of rotatable bonds is 4. The molecule has 24 heavy (non-hydrogen) atoms. The van der Waals surface area contributed by atoms with Crippen molar-refractivity contribution < 1.29 is 13.2 Å². The van der Waals surface area contributed by atoms with Crippen molar-refractivity contribution in [2.75, 3.05) is 14.2 Å². The molecule has 2 heterocycles.